The molecule has 1 N–H and O–H groups in total. The predicted molar refractivity (Wildman–Crippen MR) is 67.5 cm³/mol. The first kappa shape index (κ1) is 11.0. The summed E-state index contributed by atoms with van der Waals surface area (Å²) in [6.07, 6.45) is 0.224. The Morgan fingerprint density at radius 2 is 1.72 bits per heavy atom. The molecule has 90 valence electrons. The second-order valence-electron chi connectivity index (χ2n) is 4.84. The fourth-order valence-corrected chi connectivity index (χ4v) is 2.59. The van der Waals surface area contributed by atoms with Crippen LogP contribution >= 0.6 is 0 Å². The standard InChI is InChI=1S/C15H12O3/c16-13-8-15(9-13,14(17)18)12-6-5-10-3-1-2-4-11(10)7-12/h1-7H,8-9H2,(H,17,18). The first-order valence-corrected chi connectivity index (χ1v) is 5.86. The summed E-state index contributed by atoms with van der Waals surface area (Å²) in [7, 11) is 0. The maximum atomic E-state index is 11.4. The van der Waals surface area contributed by atoms with Gasteiger partial charge < -0.3 is 5.11 Å². The molecule has 18 heavy (non-hydrogen) atoms. The molecule has 0 bridgehead atoms. The van der Waals surface area contributed by atoms with Crippen LogP contribution in [0.3, 0.4) is 0 Å². The van der Waals surface area contributed by atoms with E-state index in [1.165, 1.54) is 0 Å². The smallest absolute Gasteiger partial charge is 0.315 e. The molecule has 1 fully saturated rings. The minimum atomic E-state index is -0.999. The largest absolute Gasteiger partial charge is 0.481 e. The summed E-state index contributed by atoms with van der Waals surface area (Å²) in [5.74, 6) is -0.886. The number of benzene rings is 2. The van der Waals surface area contributed by atoms with Gasteiger partial charge in [-0.05, 0) is 22.4 Å². The Bertz CT molecular complexity index is 650. The summed E-state index contributed by atoms with van der Waals surface area (Å²) in [6, 6.07) is 13.4. The topological polar surface area (TPSA) is 54.4 Å². The van der Waals surface area contributed by atoms with Gasteiger partial charge in [0, 0.05) is 12.8 Å². The van der Waals surface area contributed by atoms with Gasteiger partial charge in [0.1, 0.15) is 11.2 Å². The molecule has 3 nitrogen and oxygen atoms in total. The summed E-state index contributed by atoms with van der Waals surface area (Å²) in [5.41, 5.74) is -0.269. The van der Waals surface area contributed by atoms with Gasteiger partial charge in [0.15, 0.2) is 0 Å². The van der Waals surface area contributed by atoms with Gasteiger partial charge >= 0.3 is 5.97 Å². The van der Waals surface area contributed by atoms with E-state index in [9.17, 15) is 14.7 Å². The number of carboxylic acid groups (broad SMARTS) is 1. The van der Waals surface area contributed by atoms with Crippen molar-refractivity contribution in [2.75, 3.05) is 0 Å². The number of hydrogen-bond acceptors (Lipinski definition) is 2. The third-order valence-electron chi connectivity index (χ3n) is 3.71. The fraction of sp³-hybridized carbons (Fsp3) is 0.200. The van der Waals surface area contributed by atoms with Crippen molar-refractivity contribution in [3.8, 4) is 0 Å². The van der Waals surface area contributed by atoms with E-state index in [4.69, 9.17) is 0 Å². The van der Waals surface area contributed by atoms with Crippen molar-refractivity contribution in [1.29, 1.82) is 0 Å². The molecule has 0 unspecified atom stereocenters. The quantitative estimate of drug-likeness (QED) is 0.877. The van der Waals surface area contributed by atoms with E-state index in [2.05, 4.69) is 0 Å². The van der Waals surface area contributed by atoms with Gasteiger partial charge in [0.2, 0.25) is 0 Å². The Hall–Kier alpha value is -2.16. The van der Waals surface area contributed by atoms with Crippen molar-refractivity contribution >= 4 is 22.5 Å². The van der Waals surface area contributed by atoms with E-state index in [1.54, 1.807) is 0 Å². The Kier molecular flexibility index (Phi) is 2.23. The average molecular weight is 240 g/mol. The average Bonchev–Trinajstić information content (AvgIpc) is 2.34. The highest BCUT2D eigenvalue weighted by Crippen LogP contribution is 2.42. The van der Waals surface area contributed by atoms with Crippen LogP contribution in [0.4, 0.5) is 0 Å². The van der Waals surface area contributed by atoms with E-state index < -0.39 is 11.4 Å². The molecule has 0 aromatic heterocycles. The van der Waals surface area contributed by atoms with Crippen LogP contribution in [0, 0.1) is 0 Å². The van der Waals surface area contributed by atoms with E-state index >= 15 is 0 Å². The van der Waals surface area contributed by atoms with Crippen LogP contribution in [0.5, 0.6) is 0 Å². The van der Waals surface area contributed by atoms with Gasteiger partial charge in [-0.1, -0.05) is 36.4 Å². The molecule has 0 radical (unpaired) electrons. The van der Waals surface area contributed by atoms with Gasteiger partial charge in [0.05, 0.1) is 0 Å². The molecule has 1 aliphatic rings. The predicted octanol–water partition coefficient (Wildman–Crippen LogP) is 2.53. The molecule has 2 aromatic carbocycles. The van der Waals surface area contributed by atoms with E-state index in [1.807, 2.05) is 42.5 Å². The molecule has 1 aliphatic carbocycles. The maximum absolute atomic E-state index is 11.4. The van der Waals surface area contributed by atoms with Crippen LogP contribution in [0.15, 0.2) is 42.5 Å². The van der Waals surface area contributed by atoms with Crippen molar-refractivity contribution in [1.82, 2.24) is 0 Å². The van der Waals surface area contributed by atoms with Crippen molar-refractivity contribution in [3.05, 3.63) is 48.0 Å². The lowest BCUT2D eigenvalue weighted by Gasteiger charge is -2.36. The Morgan fingerprint density at radius 3 is 2.33 bits per heavy atom. The van der Waals surface area contributed by atoms with E-state index in [0.29, 0.717) is 0 Å². The number of aliphatic carboxylic acids is 1. The van der Waals surface area contributed by atoms with Crippen molar-refractivity contribution in [3.63, 3.8) is 0 Å². The van der Waals surface area contributed by atoms with Crippen molar-refractivity contribution in [2.45, 2.75) is 18.3 Å². The Morgan fingerprint density at radius 1 is 1.06 bits per heavy atom. The lowest BCUT2D eigenvalue weighted by molar-refractivity contribution is -0.153. The molecule has 0 aliphatic heterocycles. The minimum absolute atomic E-state index is 0.0190. The number of Topliss-reactive ketones (excluding diaryl/α,β-unsaturated/α-hetero) is 1. The number of fused-ring (bicyclic) bond motifs is 1. The summed E-state index contributed by atoms with van der Waals surface area (Å²) in [4.78, 5) is 22.6. The first-order chi connectivity index (χ1) is 8.62. The molecule has 3 heteroatoms. The second-order valence-corrected chi connectivity index (χ2v) is 4.84. The third-order valence-corrected chi connectivity index (χ3v) is 3.71. The summed E-state index contributed by atoms with van der Waals surface area (Å²) < 4.78 is 0. The summed E-state index contributed by atoms with van der Waals surface area (Å²) >= 11 is 0. The third kappa shape index (κ3) is 1.44. The second kappa shape index (κ2) is 3.67. The van der Waals surface area contributed by atoms with Gasteiger partial charge in [-0.2, -0.15) is 0 Å². The number of hydrogen-bond donors (Lipinski definition) is 1. The van der Waals surface area contributed by atoms with Crippen LogP contribution in [-0.4, -0.2) is 16.9 Å². The normalized spacial score (nSPS) is 17.4. The fourth-order valence-electron chi connectivity index (χ4n) is 2.59. The van der Waals surface area contributed by atoms with Gasteiger partial charge in [-0.25, -0.2) is 0 Å². The summed E-state index contributed by atoms with van der Waals surface area (Å²) in [5, 5.41) is 11.5. The minimum Gasteiger partial charge on any atom is -0.481 e. The lowest BCUT2D eigenvalue weighted by atomic mass is 9.63. The van der Waals surface area contributed by atoms with Crippen molar-refractivity contribution in [2.24, 2.45) is 0 Å². The zero-order valence-electron chi connectivity index (χ0n) is 9.72. The zero-order valence-corrected chi connectivity index (χ0v) is 9.72. The molecule has 3 rings (SSSR count). The van der Waals surface area contributed by atoms with E-state index in [0.717, 1.165) is 16.3 Å². The maximum Gasteiger partial charge on any atom is 0.315 e. The number of carbonyl (C=O) groups excluding carboxylic acids is 1. The number of carboxylic acids is 1. The molecular formula is C15H12O3. The van der Waals surface area contributed by atoms with Crippen LogP contribution in [0.1, 0.15) is 18.4 Å². The zero-order chi connectivity index (χ0) is 12.8. The highest BCUT2D eigenvalue weighted by Gasteiger charge is 2.51. The molecule has 0 saturated heterocycles. The molecule has 0 atom stereocenters. The van der Waals surface area contributed by atoms with Crippen LogP contribution in [0.2, 0.25) is 0 Å². The number of rotatable bonds is 2. The molecule has 2 aromatic rings. The Labute approximate surface area is 104 Å². The highest BCUT2D eigenvalue weighted by atomic mass is 16.4. The van der Waals surface area contributed by atoms with Crippen LogP contribution < -0.4 is 0 Å². The molecule has 0 heterocycles. The van der Waals surface area contributed by atoms with Gasteiger partial charge in [0.25, 0.3) is 0 Å². The first-order valence-electron chi connectivity index (χ1n) is 5.86. The monoisotopic (exact) mass is 240 g/mol. The molecule has 1 saturated carbocycles. The molecule has 0 amide bonds. The Balaban J connectivity index is 2.13. The van der Waals surface area contributed by atoms with Crippen molar-refractivity contribution < 1.29 is 14.7 Å². The SMILES string of the molecule is O=C1CC(C(=O)O)(c2ccc3ccccc3c2)C1. The number of carbonyl (C=O) groups is 2. The van der Waals surface area contributed by atoms with E-state index in [-0.39, 0.29) is 18.6 Å². The molecular weight excluding hydrogens is 228 g/mol. The van der Waals surface area contributed by atoms with Gasteiger partial charge in [-0.15, -0.1) is 0 Å². The van der Waals surface area contributed by atoms with Crippen LogP contribution in [-0.2, 0) is 15.0 Å². The molecule has 0 spiro atoms. The highest BCUT2D eigenvalue weighted by molar-refractivity contribution is 6.02. The van der Waals surface area contributed by atoms with Crippen LogP contribution in [0.25, 0.3) is 10.8 Å². The number of ketones is 1. The van der Waals surface area contributed by atoms with Gasteiger partial charge in [-0.3, -0.25) is 9.59 Å². The summed E-state index contributed by atoms with van der Waals surface area (Å²) in [6.45, 7) is 0. The lowest BCUT2D eigenvalue weighted by Crippen LogP contribution is -2.48.